The van der Waals surface area contributed by atoms with Crippen molar-refractivity contribution in [3.8, 4) is 0 Å². The lowest BCUT2D eigenvalue weighted by molar-refractivity contribution is -0.142. The Morgan fingerprint density at radius 3 is 2.87 bits per heavy atom. The third-order valence-corrected chi connectivity index (χ3v) is 2.28. The van der Waals surface area contributed by atoms with E-state index < -0.39 is 12.0 Å². The highest BCUT2D eigenvalue weighted by Gasteiger charge is 2.15. The van der Waals surface area contributed by atoms with E-state index in [9.17, 15) is 4.79 Å². The molecule has 1 unspecified atom stereocenters. The number of carbonyl (C=O) groups is 1. The molecule has 4 N–H and O–H groups in total. The number of carbonyl (C=O) groups excluding carboxylic acids is 1. The summed E-state index contributed by atoms with van der Waals surface area (Å²) in [6, 6.07) is 4.35. The molecule has 0 aliphatic heterocycles. The van der Waals surface area contributed by atoms with E-state index in [1.807, 2.05) is 0 Å². The molecule has 15 heavy (non-hydrogen) atoms. The average molecular weight is 229 g/mol. The van der Waals surface area contributed by atoms with Gasteiger partial charge < -0.3 is 16.2 Å². The first-order chi connectivity index (χ1) is 7.04. The van der Waals surface area contributed by atoms with Crippen molar-refractivity contribution in [1.82, 2.24) is 0 Å². The largest absolute Gasteiger partial charge is 0.468 e. The van der Waals surface area contributed by atoms with E-state index in [-0.39, 0.29) is 0 Å². The predicted octanol–water partition coefficient (Wildman–Crippen LogP) is 0.965. The molecular formula is C10H13ClN2O2. The van der Waals surface area contributed by atoms with Crippen LogP contribution in [0.15, 0.2) is 18.2 Å². The second-order valence-electron chi connectivity index (χ2n) is 3.18. The van der Waals surface area contributed by atoms with Crippen molar-refractivity contribution >= 4 is 23.3 Å². The Hall–Kier alpha value is -1.26. The first-order valence-electron chi connectivity index (χ1n) is 4.42. The minimum absolute atomic E-state index is 0.319. The van der Waals surface area contributed by atoms with Gasteiger partial charge in [0.15, 0.2) is 0 Å². The van der Waals surface area contributed by atoms with Gasteiger partial charge in [-0.3, -0.25) is 4.79 Å². The molecule has 0 bridgehead atoms. The van der Waals surface area contributed by atoms with Gasteiger partial charge in [0.25, 0.3) is 0 Å². The molecule has 0 fully saturated rings. The van der Waals surface area contributed by atoms with Crippen molar-refractivity contribution < 1.29 is 9.53 Å². The summed E-state index contributed by atoms with van der Waals surface area (Å²) in [6.07, 6.45) is 0.319. The number of esters is 1. The number of hydrogen-bond donors (Lipinski definition) is 2. The number of halogens is 1. The summed E-state index contributed by atoms with van der Waals surface area (Å²) in [5, 5.41) is 0.566. The van der Waals surface area contributed by atoms with Gasteiger partial charge in [-0.1, -0.05) is 11.6 Å². The van der Waals surface area contributed by atoms with Crippen molar-refractivity contribution in [2.45, 2.75) is 12.5 Å². The molecule has 5 heteroatoms. The van der Waals surface area contributed by atoms with Crippen molar-refractivity contribution in [3.05, 3.63) is 28.8 Å². The predicted molar refractivity (Wildman–Crippen MR) is 59.6 cm³/mol. The zero-order valence-corrected chi connectivity index (χ0v) is 9.12. The molecule has 0 radical (unpaired) electrons. The van der Waals surface area contributed by atoms with E-state index in [4.69, 9.17) is 23.1 Å². The molecular weight excluding hydrogens is 216 g/mol. The van der Waals surface area contributed by atoms with Crippen LogP contribution in [0.25, 0.3) is 0 Å². The Bertz CT molecular complexity index is 368. The first-order valence-corrected chi connectivity index (χ1v) is 4.79. The highest BCUT2D eigenvalue weighted by molar-refractivity contribution is 6.30. The van der Waals surface area contributed by atoms with Gasteiger partial charge in [0.1, 0.15) is 6.04 Å². The van der Waals surface area contributed by atoms with Gasteiger partial charge in [0, 0.05) is 17.1 Å². The van der Waals surface area contributed by atoms with Crippen molar-refractivity contribution in [2.75, 3.05) is 12.8 Å². The van der Waals surface area contributed by atoms with Crippen LogP contribution in [0.5, 0.6) is 0 Å². The molecule has 0 aliphatic rings. The smallest absolute Gasteiger partial charge is 0.322 e. The van der Waals surface area contributed by atoms with Gasteiger partial charge >= 0.3 is 5.97 Å². The Morgan fingerprint density at radius 1 is 1.60 bits per heavy atom. The molecule has 1 atom stereocenters. The topological polar surface area (TPSA) is 78.3 Å². The van der Waals surface area contributed by atoms with Crippen LogP contribution in [0.1, 0.15) is 5.56 Å². The molecule has 0 amide bonds. The van der Waals surface area contributed by atoms with Gasteiger partial charge in [-0.25, -0.2) is 0 Å². The molecule has 0 saturated carbocycles. The van der Waals surface area contributed by atoms with Gasteiger partial charge in [-0.05, 0) is 23.8 Å². The summed E-state index contributed by atoms with van der Waals surface area (Å²) in [5.74, 6) is -0.464. The van der Waals surface area contributed by atoms with E-state index in [0.29, 0.717) is 17.1 Å². The number of ether oxygens (including phenoxy) is 1. The van der Waals surface area contributed by atoms with Crippen molar-refractivity contribution in [1.29, 1.82) is 0 Å². The summed E-state index contributed by atoms with van der Waals surface area (Å²) in [6.45, 7) is 0. The molecule has 1 rings (SSSR count). The quantitative estimate of drug-likeness (QED) is 0.597. The zero-order chi connectivity index (χ0) is 11.4. The fourth-order valence-electron chi connectivity index (χ4n) is 1.22. The monoisotopic (exact) mass is 228 g/mol. The molecule has 4 nitrogen and oxygen atoms in total. The summed E-state index contributed by atoms with van der Waals surface area (Å²) in [4.78, 5) is 11.1. The minimum Gasteiger partial charge on any atom is -0.468 e. The van der Waals surface area contributed by atoms with Crippen molar-refractivity contribution in [3.63, 3.8) is 0 Å². The van der Waals surface area contributed by atoms with Crippen molar-refractivity contribution in [2.24, 2.45) is 5.73 Å². The number of hydrogen-bond acceptors (Lipinski definition) is 4. The minimum atomic E-state index is -0.712. The molecule has 1 aromatic carbocycles. The molecule has 0 heterocycles. The van der Waals surface area contributed by atoms with E-state index in [2.05, 4.69) is 4.74 Å². The molecule has 82 valence electrons. The fraction of sp³-hybridized carbons (Fsp3) is 0.300. The van der Waals surface area contributed by atoms with E-state index in [1.54, 1.807) is 18.2 Å². The van der Waals surface area contributed by atoms with Gasteiger partial charge in [-0.15, -0.1) is 0 Å². The van der Waals surface area contributed by atoms with Crippen LogP contribution >= 0.6 is 11.6 Å². The summed E-state index contributed by atoms with van der Waals surface area (Å²) in [5.41, 5.74) is 12.6. The zero-order valence-electron chi connectivity index (χ0n) is 8.37. The average Bonchev–Trinajstić information content (AvgIpc) is 2.22. The highest BCUT2D eigenvalue weighted by atomic mass is 35.5. The Labute approximate surface area is 93.1 Å². The third kappa shape index (κ3) is 3.11. The number of nitrogens with two attached hydrogens (primary N) is 2. The molecule has 0 aromatic heterocycles. The van der Waals surface area contributed by atoms with E-state index in [1.165, 1.54) is 7.11 Å². The lowest BCUT2D eigenvalue weighted by Gasteiger charge is -2.11. The normalized spacial score (nSPS) is 12.2. The fourth-order valence-corrected chi connectivity index (χ4v) is 1.42. The maximum Gasteiger partial charge on any atom is 0.322 e. The van der Waals surface area contributed by atoms with Gasteiger partial charge in [0.2, 0.25) is 0 Å². The van der Waals surface area contributed by atoms with Gasteiger partial charge in [0.05, 0.1) is 7.11 Å². The highest BCUT2D eigenvalue weighted by Crippen LogP contribution is 2.19. The molecule has 0 saturated heterocycles. The number of benzene rings is 1. The van der Waals surface area contributed by atoms with E-state index >= 15 is 0 Å². The lowest BCUT2D eigenvalue weighted by atomic mass is 10.0. The maximum atomic E-state index is 11.1. The first kappa shape index (κ1) is 11.8. The summed E-state index contributed by atoms with van der Waals surface area (Å²) >= 11 is 5.80. The van der Waals surface area contributed by atoms with Crippen LogP contribution < -0.4 is 11.5 Å². The standard InChI is InChI=1S/C10H13ClN2O2/c1-15-10(14)9(13)5-6-4-7(11)2-3-8(6)12/h2-4,9H,5,12-13H2,1H3. The number of anilines is 1. The summed E-state index contributed by atoms with van der Waals surface area (Å²) in [7, 11) is 1.30. The molecule has 0 aliphatic carbocycles. The summed E-state index contributed by atoms with van der Waals surface area (Å²) < 4.78 is 4.52. The number of methoxy groups -OCH3 is 1. The Kier molecular flexibility index (Phi) is 3.94. The van der Waals surface area contributed by atoms with Crippen LogP contribution in [0.3, 0.4) is 0 Å². The molecule has 0 spiro atoms. The third-order valence-electron chi connectivity index (χ3n) is 2.05. The van der Waals surface area contributed by atoms with Gasteiger partial charge in [-0.2, -0.15) is 0 Å². The Balaban J connectivity index is 2.80. The van der Waals surface area contributed by atoms with Crippen LogP contribution in [0.2, 0.25) is 5.02 Å². The number of nitrogen functional groups attached to an aromatic ring is 1. The van der Waals surface area contributed by atoms with Crippen LogP contribution in [0, 0.1) is 0 Å². The van der Waals surface area contributed by atoms with Crippen LogP contribution in [-0.4, -0.2) is 19.1 Å². The molecule has 1 aromatic rings. The van der Waals surface area contributed by atoms with Crippen LogP contribution in [0.4, 0.5) is 5.69 Å². The maximum absolute atomic E-state index is 11.1. The second kappa shape index (κ2) is 5.00. The number of rotatable bonds is 3. The van der Waals surface area contributed by atoms with E-state index in [0.717, 1.165) is 5.56 Å². The van der Waals surface area contributed by atoms with Crippen LogP contribution in [-0.2, 0) is 16.0 Å². The second-order valence-corrected chi connectivity index (χ2v) is 3.61. The Morgan fingerprint density at radius 2 is 2.27 bits per heavy atom. The lowest BCUT2D eigenvalue weighted by Crippen LogP contribution is -2.33. The SMILES string of the molecule is COC(=O)C(N)Cc1cc(Cl)ccc1N.